The summed E-state index contributed by atoms with van der Waals surface area (Å²) in [7, 11) is 0. The molecule has 24 heavy (non-hydrogen) atoms. The second kappa shape index (κ2) is 6.93. The minimum atomic E-state index is -0.450. The van der Waals surface area contributed by atoms with Crippen LogP contribution in [0.3, 0.4) is 0 Å². The van der Waals surface area contributed by atoms with Crippen molar-refractivity contribution in [2.45, 2.75) is 102 Å². The van der Waals surface area contributed by atoms with Crippen LogP contribution in [0.15, 0.2) is 0 Å². The predicted octanol–water partition coefficient (Wildman–Crippen LogP) is 3.61. The Kier molecular flexibility index (Phi) is 5.07. The van der Waals surface area contributed by atoms with Gasteiger partial charge in [-0.2, -0.15) is 0 Å². The van der Waals surface area contributed by atoms with Crippen molar-refractivity contribution in [1.82, 2.24) is 10.2 Å². The summed E-state index contributed by atoms with van der Waals surface area (Å²) >= 11 is 0. The first-order valence-corrected chi connectivity index (χ1v) is 9.62. The first-order valence-electron chi connectivity index (χ1n) is 9.62. The molecule has 0 unspecified atom stereocenters. The second-order valence-electron chi connectivity index (χ2n) is 8.86. The lowest BCUT2D eigenvalue weighted by Gasteiger charge is -2.39. The molecule has 3 fully saturated rings. The number of rotatable bonds is 3. The summed E-state index contributed by atoms with van der Waals surface area (Å²) in [6, 6.07) is 0.904. The highest BCUT2D eigenvalue weighted by Crippen LogP contribution is 2.40. The zero-order valence-electron chi connectivity index (χ0n) is 15.3. The van der Waals surface area contributed by atoms with Crippen molar-refractivity contribution in [3.63, 3.8) is 0 Å². The smallest absolute Gasteiger partial charge is 0.410 e. The lowest BCUT2D eigenvalue weighted by Crippen LogP contribution is -2.49. The monoisotopic (exact) mass is 336 g/mol. The third kappa shape index (κ3) is 4.22. The number of nitrogens with zero attached hydrogens (tertiary/aromatic N) is 1. The van der Waals surface area contributed by atoms with Crippen LogP contribution in [-0.2, 0) is 9.53 Å². The molecule has 2 amide bonds. The van der Waals surface area contributed by atoms with Crippen LogP contribution >= 0.6 is 0 Å². The normalized spacial score (nSPS) is 30.5. The summed E-state index contributed by atoms with van der Waals surface area (Å²) in [5, 5.41) is 3.20. The Labute approximate surface area is 145 Å². The molecule has 2 saturated heterocycles. The number of amides is 2. The highest BCUT2D eigenvalue weighted by molar-refractivity contribution is 5.76. The molecule has 0 aromatic carbocycles. The van der Waals surface area contributed by atoms with Crippen LogP contribution in [0, 0.1) is 5.92 Å². The number of carbonyl (C=O) groups excluding carboxylic acids is 2. The van der Waals surface area contributed by atoms with Gasteiger partial charge in [0.1, 0.15) is 5.60 Å². The SMILES string of the molecule is CC(C)(C)OC(=O)N1[C@H]2CC[C@H]1CC(CC(=O)NC1CCCC1)C2. The molecule has 1 saturated carbocycles. The summed E-state index contributed by atoms with van der Waals surface area (Å²) in [6.45, 7) is 5.73. The predicted molar refractivity (Wildman–Crippen MR) is 92.6 cm³/mol. The summed E-state index contributed by atoms with van der Waals surface area (Å²) in [5.41, 5.74) is -0.450. The van der Waals surface area contributed by atoms with Crippen LogP contribution in [0.5, 0.6) is 0 Å². The van der Waals surface area contributed by atoms with E-state index in [1.54, 1.807) is 0 Å². The molecule has 1 aliphatic carbocycles. The van der Waals surface area contributed by atoms with Gasteiger partial charge in [-0.1, -0.05) is 12.8 Å². The van der Waals surface area contributed by atoms with E-state index in [2.05, 4.69) is 5.32 Å². The highest BCUT2D eigenvalue weighted by Gasteiger charge is 2.45. The van der Waals surface area contributed by atoms with Crippen LogP contribution in [-0.4, -0.2) is 40.6 Å². The van der Waals surface area contributed by atoms with Gasteiger partial charge in [0, 0.05) is 24.5 Å². The lowest BCUT2D eigenvalue weighted by molar-refractivity contribution is -0.123. The van der Waals surface area contributed by atoms with Gasteiger partial charge in [0.2, 0.25) is 5.91 Å². The fourth-order valence-corrected chi connectivity index (χ4v) is 4.69. The van der Waals surface area contributed by atoms with Gasteiger partial charge in [0.25, 0.3) is 0 Å². The molecule has 2 aliphatic heterocycles. The quantitative estimate of drug-likeness (QED) is 0.856. The van der Waals surface area contributed by atoms with Crippen molar-refractivity contribution in [1.29, 1.82) is 0 Å². The van der Waals surface area contributed by atoms with Gasteiger partial charge in [-0.05, 0) is 65.2 Å². The topological polar surface area (TPSA) is 58.6 Å². The Hall–Kier alpha value is -1.26. The molecule has 0 aromatic rings. The zero-order chi connectivity index (χ0) is 17.3. The van der Waals surface area contributed by atoms with E-state index < -0.39 is 5.60 Å². The maximum atomic E-state index is 12.5. The van der Waals surface area contributed by atoms with Crippen LogP contribution in [0.4, 0.5) is 4.79 Å². The first-order chi connectivity index (χ1) is 11.3. The maximum absolute atomic E-state index is 12.5. The Balaban J connectivity index is 1.51. The fraction of sp³-hybridized carbons (Fsp3) is 0.895. The zero-order valence-corrected chi connectivity index (χ0v) is 15.3. The van der Waals surface area contributed by atoms with Crippen molar-refractivity contribution in [3.05, 3.63) is 0 Å². The van der Waals surface area contributed by atoms with E-state index in [4.69, 9.17) is 4.74 Å². The highest BCUT2D eigenvalue weighted by atomic mass is 16.6. The van der Waals surface area contributed by atoms with Gasteiger partial charge in [-0.25, -0.2) is 4.79 Å². The molecule has 5 heteroatoms. The molecular weight excluding hydrogens is 304 g/mol. The minimum absolute atomic E-state index is 0.177. The van der Waals surface area contributed by atoms with Crippen molar-refractivity contribution in [3.8, 4) is 0 Å². The van der Waals surface area contributed by atoms with Crippen LogP contribution in [0.25, 0.3) is 0 Å². The number of piperidine rings is 1. The van der Waals surface area contributed by atoms with E-state index in [-0.39, 0.29) is 24.1 Å². The first kappa shape index (κ1) is 17.6. The molecule has 1 N–H and O–H groups in total. The number of carbonyl (C=O) groups is 2. The number of ether oxygens (including phenoxy) is 1. The van der Waals surface area contributed by atoms with Gasteiger partial charge in [0.05, 0.1) is 0 Å². The molecule has 136 valence electrons. The summed E-state index contributed by atoms with van der Waals surface area (Å²) in [4.78, 5) is 26.7. The number of fused-ring (bicyclic) bond motifs is 2. The molecule has 2 bridgehead atoms. The number of nitrogens with one attached hydrogen (secondary N) is 1. The second-order valence-corrected chi connectivity index (χ2v) is 8.86. The molecule has 3 rings (SSSR count). The molecular formula is C19H32N2O3. The summed E-state index contributed by atoms with van der Waals surface area (Å²) in [5.74, 6) is 0.611. The fourth-order valence-electron chi connectivity index (χ4n) is 4.69. The maximum Gasteiger partial charge on any atom is 0.410 e. The standard InChI is InChI=1S/C19H32N2O3/c1-19(2,3)24-18(23)21-15-8-9-16(21)11-13(10-15)12-17(22)20-14-6-4-5-7-14/h13-16H,4-12H2,1-3H3,(H,20,22)/t15-,16-/m0/s1. The van der Waals surface area contributed by atoms with Crippen LogP contribution < -0.4 is 5.32 Å². The van der Waals surface area contributed by atoms with E-state index in [1.165, 1.54) is 12.8 Å². The number of hydrogen-bond donors (Lipinski definition) is 1. The molecule has 0 aromatic heterocycles. The average Bonchev–Trinajstić information content (AvgIpc) is 3.03. The molecule has 2 atom stereocenters. The largest absolute Gasteiger partial charge is 0.444 e. The summed E-state index contributed by atoms with van der Waals surface area (Å²) < 4.78 is 5.57. The molecule has 0 spiro atoms. The van der Waals surface area contributed by atoms with E-state index in [0.717, 1.165) is 38.5 Å². The Bertz CT molecular complexity index is 465. The molecule has 0 radical (unpaired) electrons. The van der Waals surface area contributed by atoms with Gasteiger partial charge in [-0.3, -0.25) is 4.79 Å². The van der Waals surface area contributed by atoms with Crippen molar-refractivity contribution in [2.75, 3.05) is 0 Å². The average molecular weight is 336 g/mol. The van der Waals surface area contributed by atoms with Gasteiger partial charge in [0.15, 0.2) is 0 Å². The summed E-state index contributed by atoms with van der Waals surface area (Å²) in [6.07, 6.45) is 9.15. The minimum Gasteiger partial charge on any atom is -0.444 e. The number of hydrogen-bond acceptors (Lipinski definition) is 3. The van der Waals surface area contributed by atoms with E-state index >= 15 is 0 Å². The third-order valence-electron chi connectivity index (χ3n) is 5.63. The van der Waals surface area contributed by atoms with E-state index in [0.29, 0.717) is 18.4 Å². The molecule has 5 nitrogen and oxygen atoms in total. The van der Waals surface area contributed by atoms with Gasteiger partial charge in [-0.15, -0.1) is 0 Å². The van der Waals surface area contributed by atoms with E-state index in [9.17, 15) is 9.59 Å². The van der Waals surface area contributed by atoms with Gasteiger partial charge >= 0.3 is 6.09 Å². The van der Waals surface area contributed by atoms with Crippen LogP contribution in [0.1, 0.15) is 78.6 Å². The van der Waals surface area contributed by atoms with Crippen LogP contribution in [0.2, 0.25) is 0 Å². The molecule has 3 aliphatic rings. The Morgan fingerprint density at radius 2 is 1.62 bits per heavy atom. The Morgan fingerprint density at radius 1 is 1.04 bits per heavy atom. The Morgan fingerprint density at radius 3 is 2.17 bits per heavy atom. The van der Waals surface area contributed by atoms with Gasteiger partial charge < -0.3 is 15.0 Å². The van der Waals surface area contributed by atoms with Crippen molar-refractivity contribution >= 4 is 12.0 Å². The third-order valence-corrected chi connectivity index (χ3v) is 5.63. The molecule has 2 heterocycles. The van der Waals surface area contributed by atoms with Crippen molar-refractivity contribution < 1.29 is 14.3 Å². The van der Waals surface area contributed by atoms with Crippen molar-refractivity contribution in [2.24, 2.45) is 5.92 Å². The lowest BCUT2D eigenvalue weighted by atomic mass is 9.88. The van der Waals surface area contributed by atoms with E-state index in [1.807, 2.05) is 25.7 Å².